The summed E-state index contributed by atoms with van der Waals surface area (Å²) in [6.07, 6.45) is 1.12. The lowest BCUT2D eigenvalue weighted by molar-refractivity contribution is 0.415. The average molecular weight is 300 g/mol. The zero-order chi connectivity index (χ0) is 16.3. The molecule has 1 heterocycles. The Balaban J connectivity index is 2.51. The summed E-state index contributed by atoms with van der Waals surface area (Å²) < 4.78 is 5.37. The number of ether oxygens (including phenoxy) is 1. The van der Waals surface area contributed by atoms with E-state index in [2.05, 4.69) is 58.1 Å². The third-order valence-corrected chi connectivity index (χ3v) is 4.12. The molecule has 1 aromatic carbocycles. The van der Waals surface area contributed by atoms with Gasteiger partial charge >= 0.3 is 0 Å². The second-order valence-corrected chi connectivity index (χ2v) is 6.99. The summed E-state index contributed by atoms with van der Waals surface area (Å²) in [5, 5.41) is 4.76. The normalized spacial score (nSPS) is 13.4. The molecular formula is C19H28N2O. The topological polar surface area (TPSA) is 34.2 Å². The Kier molecular flexibility index (Phi) is 5.07. The number of hydrogen-bond donors (Lipinski definition) is 1. The van der Waals surface area contributed by atoms with Gasteiger partial charge in [0.05, 0.1) is 12.6 Å². The van der Waals surface area contributed by atoms with Crippen LogP contribution in [0.4, 0.5) is 0 Å². The highest BCUT2D eigenvalue weighted by molar-refractivity contribution is 5.84. The molecule has 2 rings (SSSR count). The Labute approximate surface area is 134 Å². The molecule has 0 radical (unpaired) electrons. The summed E-state index contributed by atoms with van der Waals surface area (Å²) in [5.74, 6) is 0.877. The number of benzene rings is 1. The molecule has 22 heavy (non-hydrogen) atoms. The Bertz CT molecular complexity index is 644. The van der Waals surface area contributed by atoms with Gasteiger partial charge in [-0.25, -0.2) is 0 Å². The van der Waals surface area contributed by atoms with E-state index in [1.54, 1.807) is 7.11 Å². The van der Waals surface area contributed by atoms with Crippen LogP contribution >= 0.6 is 0 Å². The zero-order valence-electron chi connectivity index (χ0n) is 14.7. The van der Waals surface area contributed by atoms with Crippen LogP contribution in [0.15, 0.2) is 24.3 Å². The summed E-state index contributed by atoms with van der Waals surface area (Å²) in [6, 6.07) is 8.86. The van der Waals surface area contributed by atoms with Crippen LogP contribution in [0.5, 0.6) is 5.75 Å². The van der Waals surface area contributed by atoms with Gasteiger partial charge in [-0.15, -0.1) is 0 Å². The predicted octanol–water partition coefficient (Wildman–Crippen LogP) is 4.43. The maximum atomic E-state index is 5.37. The Hall–Kier alpha value is -1.61. The maximum absolute atomic E-state index is 5.37. The van der Waals surface area contributed by atoms with Crippen molar-refractivity contribution in [1.82, 2.24) is 10.3 Å². The van der Waals surface area contributed by atoms with Crippen molar-refractivity contribution < 1.29 is 4.74 Å². The molecule has 0 aliphatic carbocycles. The number of nitrogens with one attached hydrogen (secondary N) is 1. The van der Waals surface area contributed by atoms with Crippen molar-refractivity contribution >= 4 is 10.9 Å². The van der Waals surface area contributed by atoms with Gasteiger partial charge < -0.3 is 10.1 Å². The van der Waals surface area contributed by atoms with Gasteiger partial charge in [-0.3, -0.25) is 4.98 Å². The number of nitrogens with zero attached hydrogens (tertiary/aromatic N) is 1. The van der Waals surface area contributed by atoms with Crippen LogP contribution in [0.1, 0.15) is 52.3 Å². The second kappa shape index (κ2) is 6.66. The van der Waals surface area contributed by atoms with Crippen molar-refractivity contribution in [2.75, 3.05) is 7.11 Å². The molecule has 1 unspecified atom stereocenters. The van der Waals surface area contributed by atoms with Gasteiger partial charge in [-0.05, 0) is 43.2 Å². The number of pyridine rings is 1. The van der Waals surface area contributed by atoms with Crippen molar-refractivity contribution in [2.45, 2.75) is 59.0 Å². The maximum Gasteiger partial charge on any atom is 0.119 e. The first-order chi connectivity index (χ1) is 10.3. The molecule has 0 amide bonds. The molecular weight excluding hydrogens is 272 g/mol. The fraction of sp³-hybridized carbons (Fsp3) is 0.526. The van der Waals surface area contributed by atoms with Crippen LogP contribution in [0, 0.1) is 0 Å². The van der Waals surface area contributed by atoms with Crippen molar-refractivity contribution in [3.63, 3.8) is 0 Å². The van der Waals surface area contributed by atoms with E-state index in [4.69, 9.17) is 9.72 Å². The van der Waals surface area contributed by atoms with Gasteiger partial charge in [0.2, 0.25) is 0 Å². The molecule has 0 fully saturated rings. The first-order valence-corrected chi connectivity index (χ1v) is 8.06. The van der Waals surface area contributed by atoms with E-state index in [0.29, 0.717) is 6.04 Å². The molecule has 2 aromatic rings. The van der Waals surface area contributed by atoms with Crippen molar-refractivity contribution in [3.05, 3.63) is 35.5 Å². The molecule has 1 atom stereocenters. The largest absolute Gasteiger partial charge is 0.497 e. The lowest BCUT2D eigenvalue weighted by atomic mass is 9.89. The van der Waals surface area contributed by atoms with Gasteiger partial charge in [0, 0.05) is 29.1 Å². The minimum atomic E-state index is 0.0409. The highest BCUT2D eigenvalue weighted by Gasteiger charge is 2.18. The highest BCUT2D eigenvalue weighted by Crippen LogP contribution is 2.28. The van der Waals surface area contributed by atoms with Crippen LogP contribution in [0.2, 0.25) is 0 Å². The summed E-state index contributed by atoms with van der Waals surface area (Å²) in [6.45, 7) is 11.9. The summed E-state index contributed by atoms with van der Waals surface area (Å²) in [5.41, 5.74) is 3.49. The molecule has 0 spiro atoms. The fourth-order valence-electron chi connectivity index (χ4n) is 2.36. The molecule has 0 saturated heterocycles. The van der Waals surface area contributed by atoms with Gasteiger partial charge in [0.25, 0.3) is 0 Å². The number of hydrogen-bond acceptors (Lipinski definition) is 3. The van der Waals surface area contributed by atoms with Crippen molar-refractivity contribution in [2.24, 2.45) is 0 Å². The van der Waals surface area contributed by atoms with Crippen LogP contribution in [0.25, 0.3) is 10.9 Å². The van der Waals surface area contributed by atoms with Crippen molar-refractivity contribution in [1.29, 1.82) is 0 Å². The van der Waals surface area contributed by atoms with Gasteiger partial charge in [-0.2, -0.15) is 0 Å². The Morgan fingerprint density at radius 1 is 1.23 bits per heavy atom. The second-order valence-electron chi connectivity index (χ2n) is 6.99. The summed E-state index contributed by atoms with van der Waals surface area (Å²) >= 11 is 0. The fourth-order valence-corrected chi connectivity index (χ4v) is 2.36. The van der Waals surface area contributed by atoms with Gasteiger partial charge in [0.1, 0.15) is 5.75 Å². The predicted molar refractivity (Wildman–Crippen MR) is 93.6 cm³/mol. The van der Waals surface area contributed by atoms with Gasteiger partial charge in [0.15, 0.2) is 0 Å². The quantitative estimate of drug-likeness (QED) is 0.887. The van der Waals surface area contributed by atoms with Crippen LogP contribution in [-0.4, -0.2) is 18.1 Å². The third kappa shape index (κ3) is 3.77. The monoisotopic (exact) mass is 300 g/mol. The Morgan fingerprint density at radius 2 is 1.95 bits per heavy atom. The van der Waals surface area contributed by atoms with Crippen LogP contribution in [-0.2, 0) is 12.0 Å². The van der Waals surface area contributed by atoms with Crippen molar-refractivity contribution in [3.8, 4) is 5.75 Å². The molecule has 0 bridgehead atoms. The van der Waals surface area contributed by atoms with Crippen LogP contribution < -0.4 is 10.1 Å². The molecule has 3 heteroatoms. The summed E-state index contributed by atoms with van der Waals surface area (Å²) in [7, 11) is 1.70. The number of fused-ring (bicyclic) bond motifs is 1. The van der Waals surface area contributed by atoms with Gasteiger partial charge in [-0.1, -0.05) is 27.7 Å². The van der Waals surface area contributed by atoms with E-state index >= 15 is 0 Å². The number of aromatic nitrogens is 1. The van der Waals surface area contributed by atoms with Crippen LogP contribution in [0.3, 0.4) is 0 Å². The first kappa shape index (κ1) is 16.8. The van der Waals surface area contributed by atoms with E-state index in [1.165, 1.54) is 10.9 Å². The minimum absolute atomic E-state index is 0.0409. The third-order valence-electron chi connectivity index (χ3n) is 4.12. The molecule has 120 valence electrons. The first-order valence-electron chi connectivity index (χ1n) is 8.06. The SMILES string of the molecule is CCC(C)NCc1cc(C(C)(C)C)nc2ccc(OC)cc12. The smallest absolute Gasteiger partial charge is 0.119 e. The number of rotatable bonds is 5. The van der Waals surface area contributed by atoms with E-state index in [-0.39, 0.29) is 5.41 Å². The van der Waals surface area contributed by atoms with E-state index < -0.39 is 0 Å². The highest BCUT2D eigenvalue weighted by atomic mass is 16.5. The molecule has 1 aromatic heterocycles. The lowest BCUT2D eigenvalue weighted by Gasteiger charge is -2.21. The molecule has 1 N–H and O–H groups in total. The van der Waals surface area contributed by atoms with E-state index in [0.717, 1.165) is 29.9 Å². The molecule has 0 saturated carbocycles. The van der Waals surface area contributed by atoms with E-state index in [1.807, 2.05) is 6.07 Å². The Morgan fingerprint density at radius 3 is 2.55 bits per heavy atom. The van der Waals surface area contributed by atoms with E-state index in [9.17, 15) is 0 Å². The average Bonchev–Trinajstić information content (AvgIpc) is 2.50. The summed E-state index contributed by atoms with van der Waals surface area (Å²) in [4.78, 5) is 4.85. The molecule has 0 aliphatic heterocycles. The minimum Gasteiger partial charge on any atom is -0.497 e. The lowest BCUT2D eigenvalue weighted by Crippen LogP contribution is -2.25. The molecule has 0 aliphatic rings. The number of methoxy groups -OCH3 is 1. The molecule has 3 nitrogen and oxygen atoms in total. The standard InChI is InChI=1S/C19H28N2O/c1-7-13(2)20-12-14-10-18(19(3,4)5)21-17-9-8-15(22-6)11-16(14)17/h8-11,13,20H,7,12H2,1-6H3. The zero-order valence-corrected chi connectivity index (χ0v) is 14.7.